The van der Waals surface area contributed by atoms with E-state index in [-0.39, 0.29) is 57.1 Å². The molecule has 1 heterocycles. The van der Waals surface area contributed by atoms with Crippen LogP contribution in [0.1, 0.15) is 0 Å². The third-order valence-corrected chi connectivity index (χ3v) is 0.646. The first-order valence-corrected chi connectivity index (χ1v) is 1.98. The number of rotatable bonds is 0. The van der Waals surface area contributed by atoms with Gasteiger partial charge in [0.1, 0.15) is 5.75 Å². The van der Waals surface area contributed by atoms with Gasteiger partial charge in [0.15, 0.2) is 0 Å². The van der Waals surface area contributed by atoms with Crippen LogP contribution in [0.25, 0.3) is 0 Å². The Morgan fingerprint density at radius 2 is 2.25 bits per heavy atom. The average Bonchev–Trinajstić information content (AvgIpc) is 1.69. The summed E-state index contributed by atoms with van der Waals surface area (Å²) in [7, 11) is 0. The van der Waals surface area contributed by atoms with E-state index < -0.39 is 0 Å². The molecular weight excluding hydrogens is 129 g/mol. The molecule has 1 aromatic heterocycles. The first kappa shape index (κ1) is 8.59. The molecule has 0 aliphatic rings. The number of pyridine rings is 1. The third kappa shape index (κ3) is 2.79. The molecule has 1 rings (SSSR count). The summed E-state index contributed by atoms with van der Waals surface area (Å²) in [5.41, 5.74) is 0. The summed E-state index contributed by atoms with van der Waals surface area (Å²) in [5.74, 6) is 0.211. The van der Waals surface area contributed by atoms with Gasteiger partial charge in [-0.25, -0.2) is 0 Å². The molecule has 0 radical (unpaired) electrons. The second-order valence-corrected chi connectivity index (χ2v) is 1.21. The molecule has 0 unspecified atom stereocenters. The van der Waals surface area contributed by atoms with Crippen LogP contribution in [-0.4, -0.2) is 10.1 Å². The molecule has 0 saturated heterocycles. The van der Waals surface area contributed by atoms with Crippen LogP contribution < -0.4 is 51.4 Å². The fourth-order valence-electron chi connectivity index (χ4n) is 0.354. The second kappa shape index (κ2) is 4.46. The second-order valence-electron chi connectivity index (χ2n) is 1.21. The maximum atomic E-state index is 8.57. The van der Waals surface area contributed by atoms with E-state index in [0.29, 0.717) is 0 Å². The number of aromatic nitrogens is 1. The maximum Gasteiger partial charge on any atom is 1.00 e. The third-order valence-electron chi connectivity index (χ3n) is 0.646. The first-order chi connectivity index (χ1) is 3.39. The quantitative estimate of drug-likeness (QED) is 0.408. The first-order valence-electron chi connectivity index (χ1n) is 1.98. The number of aromatic hydroxyl groups is 1. The molecule has 1 aromatic rings. The molecule has 3 heteroatoms. The van der Waals surface area contributed by atoms with E-state index >= 15 is 0 Å². The zero-order valence-electron chi connectivity index (χ0n) is 4.70. The van der Waals surface area contributed by atoms with E-state index in [1.807, 2.05) is 0 Å². The molecular formula is C5H5KNO+. The van der Waals surface area contributed by atoms with Crippen LogP contribution in [0.2, 0.25) is 0 Å². The summed E-state index contributed by atoms with van der Waals surface area (Å²) < 4.78 is 0. The Morgan fingerprint density at radius 1 is 1.50 bits per heavy atom. The zero-order valence-corrected chi connectivity index (χ0v) is 7.83. The van der Waals surface area contributed by atoms with Crippen molar-refractivity contribution >= 4 is 0 Å². The van der Waals surface area contributed by atoms with Gasteiger partial charge in [0.05, 0.1) is 6.20 Å². The summed E-state index contributed by atoms with van der Waals surface area (Å²) >= 11 is 0. The van der Waals surface area contributed by atoms with Gasteiger partial charge in [-0.15, -0.1) is 0 Å². The van der Waals surface area contributed by atoms with Gasteiger partial charge >= 0.3 is 51.4 Å². The summed E-state index contributed by atoms with van der Waals surface area (Å²) in [6, 6.07) is 3.25. The summed E-state index contributed by atoms with van der Waals surface area (Å²) in [6.07, 6.45) is 3.00. The minimum atomic E-state index is 0. The molecule has 1 N–H and O–H groups in total. The molecule has 8 heavy (non-hydrogen) atoms. The van der Waals surface area contributed by atoms with Crippen LogP contribution in [0.4, 0.5) is 0 Å². The minimum Gasteiger partial charge on any atom is -0.506 e. The van der Waals surface area contributed by atoms with E-state index in [4.69, 9.17) is 5.11 Å². The predicted molar refractivity (Wildman–Crippen MR) is 25.9 cm³/mol. The van der Waals surface area contributed by atoms with E-state index in [1.54, 1.807) is 18.3 Å². The molecule has 2 nitrogen and oxygen atoms in total. The number of nitrogens with zero attached hydrogens (tertiary/aromatic N) is 1. The smallest absolute Gasteiger partial charge is 0.506 e. The Hall–Kier alpha value is 0.586. The van der Waals surface area contributed by atoms with E-state index in [2.05, 4.69) is 4.98 Å². The topological polar surface area (TPSA) is 33.1 Å². The normalized spacial score (nSPS) is 7.50. The Balaban J connectivity index is 0.000000490. The molecule has 0 fully saturated rings. The van der Waals surface area contributed by atoms with Crippen molar-refractivity contribution in [2.24, 2.45) is 0 Å². The van der Waals surface area contributed by atoms with Crippen molar-refractivity contribution in [2.45, 2.75) is 0 Å². The van der Waals surface area contributed by atoms with Gasteiger partial charge in [-0.3, -0.25) is 4.98 Å². The molecule has 0 aliphatic heterocycles. The van der Waals surface area contributed by atoms with Crippen molar-refractivity contribution in [1.29, 1.82) is 0 Å². The fourth-order valence-corrected chi connectivity index (χ4v) is 0.354. The van der Waals surface area contributed by atoms with Crippen LogP contribution in [0, 0.1) is 0 Å². The molecule has 36 valence electrons. The van der Waals surface area contributed by atoms with Gasteiger partial charge in [0.25, 0.3) is 0 Å². The van der Waals surface area contributed by atoms with Gasteiger partial charge in [-0.1, -0.05) is 0 Å². The molecule has 0 aromatic carbocycles. The van der Waals surface area contributed by atoms with Crippen LogP contribution in [0.15, 0.2) is 24.5 Å². The molecule has 0 bridgehead atoms. The number of hydrogen-bond acceptors (Lipinski definition) is 2. The van der Waals surface area contributed by atoms with Crippen LogP contribution in [0.5, 0.6) is 5.75 Å². The Kier molecular flexibility index (Phi) is 4.79. The van der Waals surface area contributed by atoms with E-state index in [1.165, 1.54) is 6.20 Å². The van der Waals surface area contributed by atoms with Crippen molar-refractivity contribution in [3.63, 3.8) is 0 Å². The van der Waals surface area contributed by atoms with Gasteiger partial charge < -0.3 is 5.11 Å². The van der Waals surface area contributed by atoms with Crippen LogP contribution >= 0.6 is 0 Å². The summed E-state index contributed by atoms with van der Waals surface area (Å²) in [4.78, 5) is 3.63. The maximum absolute atomic E-state index is 8.57. The van der Waals surface area contributed by atoms with Crippen molar-refractivity contribution in [1.82, 2.24) is 4.98 Å². The van der Waals surface area contributed by atoms with Crippen LogP contribution in [-0.2, 0) is 0 Å². The van der Waals surface area contributed by atoms with Gasteiger partial charge in [0, 0.05) is 6.20 Å². The summed E-state index contributed by atoms with van der Waals surface area (Å²) in [6.45, 7) is 0. The Bertz CT molecular complexity index is 142. The van der Waals surface area contributed by atoms with Crippen molar-refractivity contribution in [3.05, 3.63) is 24.5 Å². The Labute approximate surface area is 90.4 Å². The molecule has 0 atom stereocenters. The monoisotopic (exact) mass is 134 g/mol. The van der Waals surface area contributed by atoms with E-state index in [0.717, 1.165) is 0 Å². The molecule has 0 spiro atoms. The molecule has 0 aliphatic carbocycles. The summed E-state index contributed by atoms with van der Waals surface area (Å²) in [5, 5.41) is 8.57. The van der Waals surface area contributed by atoms with E-state index in [9.17, 15) is 0 Å². The molecule has 0 saturated carbocycles. The number of hydrogen-bond donors (Lipinski definition) is 1. The zero-order chi connectivity index (χ0) is 5.11. The van der Waals surface area contributed by atoms with Gasteiger partial charge in [-0.2, -0.15) is 0 Å². The Morgan fingerprint density at radius 3 is 2.50 bits per heavy atom. The predicted octanol–water partition coefficient (Wildman–Crippen LogP) is -2.21. The van der Waals surface area contributed by atoms with Crippen molar-refractivity contribution in [3.8, 4) is 5.75 Å². The van der Waals surface area contributed by atoms with Crippen LogP contribution in [0.3, 0.4) is 0 Å². The minimum absolute atomic E-state index is 0. The van der Waals surface area contributed by atoms with Gasteiger partial charge in [-0.05, 0) is 12.1 Å². The van der Waals surface area contributed by atoms with Gasteiger partial charge in [0.2, 0.25) is 0 Å². The average molecular weight is 134 g/mol. The SMILES string of the molecule is Oc1cccnc1.[K+]. The fraction of sp³-hybridized carbons (Fsp3) is 0. The van der Waals surface area contributed by atoms with Crippen molar-refractivity contribution < 1.29 is 56.5 Å². The largest absolute Gasteiger partial charge is 1.00 e. The molecule has 0 amide bonds. The standard InChI is InChI=1S/C5H5NO.K/c7-5-2-1-3-6-4-5;/h1-4,7H;/q;+1. The van der Waals surface area contributed by atoms with Crippen molar-refractivity contribution in [2.75, 3.05) is 0 Å².